The highest BCUT2D eigenvalue weighted by atomic mass is 16.5. The maximum atomic E-state index is 12.3. The fourth-order valence-corrected chi connectivity index (χ4v) is 2.97. The molecule has 130 valence electrons. The standard InChI is InChI=1S/C21H24N2O2/c1-16(2)14-20(23-13-12-18-10-6-7-11-19(18)23)22-21(24)25-15-17-8-4-3-5-9-17/h3-13,16,20H,14-15H2,1-2H3,(H,22,24). The van der Waals surface area contributed by atoms with Gasteiger partial charge >= 0.3 is 6.09 Å². The van der Waals surface area contributed by atoms with E-state index in [1.165, 1.54) is 0 Å². The number of nitrogens with zero attached hydrogens (tertiary/aromatic N) is 1. The summed E-state index contributed by atoms with van der Waals surface area (Å²) in [5.74, 6) is 0.445. The van der Waals surface area contributed by atoms with Crippen molar-refractivity contribution in [3.8, 4) is 0 Å². The van der Waals surface area contributed by atoms with Gasteiger partial charge in [0.1, 0.15) is 12.8 Å². The first-order valence-corrected chi connectivity index (χ1v) is 8.66. The second-order valence-corrected chi connectivity index (χ2v) is 6.63. The van der Waals surface area contributed by atoms with Crippen molar-refractivity contribution >= 4 is 17.0 Å². The van der Waals surface area contributed by atoms with Gasteiger partial charge in [0, 0.05) is 11.7 Å². The second-order valence-electron chi connectivity index (χ2n) is 6.63. The first-order chi connectivity index (χ1) is 12.1. The molecule has 1 atom stereocenters. The van der Waals surface area contributed by atoms with Crippen LogP contribution in [0.4, 0.5) is 4.79 Å². The summed E-state index contributed by atoms with van der Waals surface area (Å²) in [4.78, 5) is 12.3. The summed E-state index contributed by atoms with van der Waals surface area (Å²) in [6.45, 7) is 4.57. The van der Waals surface area contributed by atoms with Crippen molar-refractivity contribution in [1.82, 2.24) is 9.88 Å². The van der Waals surface area contributed by atoms with Crippen LogP contribution in [0.5, 0.6) is 0 Å². The number of para-hydroxylation sites is 1. The molecule has 1 heterocycles. The third-order valence-corrected chi connectivity index (χ3v) is 4.16. The number of carbonyl (C=O) groups is 1. The molecule has 1 N–H and O–H groups in total. The van der Waals surface area contributed by atoms with Gasteiger partial charge in [-0.1, -0.05) is 62.4 Å². The van der Waals surface area contributed by atoms with Crippen LogP contribution >= 0.6 is 0 Å². The number of carbonyl (C=O) groups excluding carboxylic acids is 1. The molecule has 0 saturated heterocycles. The fourth-order valence-electron chi connectivity index (χ4n) is 2.97. The van der Waals surface area contributed by atoms with Crippen LogP contribution in [0.2, 0.25) is 0 Å². The molecular weight excluding hydrogens is 312 g/mol. The molecule has 3 rings (SSSR count). The van der Waals surface area contributed by atoms with E-state index in [1.54, 1.807) is 0 Å². The minimum atomic E-state index is -0.396. The van der Waals surface area contributed by atoms with Crippen molar-refractivity contribution in [1.29, 1.82) is 0 Å². The fraction of sp³-hybridized carbons (Fsp3) is 0.286. The Labute approximate surface area is 148 Å². The number of benzene rings is 2. The zero-order valence-electron chi connectivity index (χ0n) is 14.7. The normalized spacial score (nSPS) is 12.3. The van der Waals surface area contributed by atoms with Crippen molar-refractivity contribution in [3.05, 3.63) is 72.4 Å². The van der Waals surface area contributed by atoms with E-state index in [0.717, 1.165) is 22.9 Å². The molecule has 4 nitrogen and oxygen atoms in total. The summed E-state index contributed by atoms with van der Waals surface area (Å²) in [5.41, 5.74) is 2.08. The Morgan fingerprint density at radius 2 is 1.76 bits per heavy atom. The number of nitrogens with one attached hydrogen (secondary N) is 1. The topological polar surface area (TPSA) is 43.3 Å². The van der Waals surface area contributed by atoms with E-state index in [9.17, 15) is 4.79 Å². The summed E-state index contributed by atoms with van der Waals surface area (Å²) < 4.78 is 7.50. The number of rotatable bonds is 6. The van der Waals surface area contributed by atoms with Gasteiger partial charge in [-0.25, -0.2) is 4.79 Å². The Hall–Kier alpha value is -2.75. The van der Waals surface area contributed by atoms with Crippen molar-refractivity contribution in [3.63, 3.8) is 0 Å². The van der Waals surface area contributed by atoms with Gasteiger partial charge in [-0.05, 0) is 35.4 Å². The summed E-state index contributed by atoms with van der Waals surface area (Å²) in [6, 6.07) is 19.9. The Balaban J connectivity index is 1.71. The van der Waals surface area contributed by atoms with E-state index in [0.29, 0.717) is 5.92 Å². The van der Waals surface area contributed by atoms with Gasteiger partial charge in [0.05, 0.1) is 0 Å². The maximum absolute atomic E-state index is 12.3. The van der Waals surface area contributed by atoms with Gasteiger partial charge in [-0.15, -0.1) is 0 Å². The quantitative estimate of drug-likeness (QED) is 0.679. The van der Waals surface area contributed by atoms with Crippen molar-refractivity contribution < 1.29 is 9.53 Å². The molecule has 2 aromatic carbocycles. The predicted octanol–water partition coefficient (Wildman–Crippen LogP) is 5.11. The lowest BCUT2D eigenvalue weighted by Gasteiger charge is -2.23. The monoisotopic (exact) mass is 336 g/mol. The number of fused-ring (bicyclic) bond motifs is 1. The van der Waals surface area contributed by atoms with Crippen molar-refractivity contribution in [2.24, 2.45) is 5.92 Å². The van der Waals surface area contributed by atoms with E-state index in [4.69, 9.17) is 4.74 Å². The van der Waals surface area contributed by atoms with E-state index in [-0.39, 0.29) is 12.8 Å². The number of hydrogen-bond acceptors (Lipinski definition) is 2. The Morgan fingerprint density at radius 1 is 1.04 bits per heavy atom. The average Bonchev–Trinajstić information content (AvgIpc) is 3.04. The van der Waals surface area contributed by atoms with Crippen LogP contribution < -0.4 is 5.32 Å². The number of amides is 1. The molecule has 3 aromatic rings. The summed E-state index contributed by atoms with van der Waals surface area (Å²) in [6.07, 6.45) is 2.32. The van der Waals surface area contributed by atoms with Crippen LogP contribution in [0.3, 0.4) is 0 Å². The molecule has 1 aromatic heterocycles. The highest BCUT2D eigenvalue weighted by Gasteiger charge is 2.18. The molecule has 25 heavy (non-hydrogen) atoms. The van der Waals surface area contributed by atoms with Gasteiger partial charge in [0.15, 0.2) is 0 Å². The Kier molecular flexibility index (Phi) is 5.39. The van der Waals surface area contributed by atoms with Crippen LogP contribution in [0.1, 0.15) is 32.0 Å². The van der Waals surface area contributed by atoms with Crippen molar-refractivity contribution in [2.75, 3.05) is 0 Å². The molecule has 0 aliphatic heterocycles. The molecule has 0 spiro atoms. The van der Waals surface area contributed by atoms with Crippen LogP contribution in [-0.2, 0) is 11.3 Å². The zero-order valence-corrected chi connectivity index (χ0v) is 14.7. The van der Waals surface area contributed by atoms with E-state index in [1.807, 2.05) is 48.7 Å². The second kappa shape index (κ2) is 7.88. The van der Waals surface area contributed by atoms with Gasteiger partial charge < -0.3 is 14.6 Å². The minimum Gasteiger partial charge on any atom is -0.445 e. The summed E-state index contributed by atoms with van der Waals surface area (Å²) in [7, 11) is 0. The van der Waals surface area contributed by atoms with Gasteiger partial charge in [0.2, 0.25) is 0 Å². The van der Waals surface area contributed by atoms with E-state index < -0.39 is 6.09 Å². The highest BCUT2D eigenvalue weighted by molar-refractivity contribution is 5.80. The van der Waals surface area contributed by atoms with E-state index >= 15 is 0 Å². The average molecular weight is 336 g/mol. The molecule has 0 aliphatic rings. The third-order valence-electron chi connectivity index (χ3n) is 4.16. The first kappa shape index (κ1) is 17.1. The molecule has 0 saturated carbocycles. The van der Waals surface area contributed by atoms with E-state index in [2.05, 4.69) is 41.9 Å². The Morgan fingerprint density at radius 3 is 2.52 bits per heavy atom. The number of ether oxygens (including phenoxy) is 1. The molecule has 0 bridgehead atoms. The molecule has 0 aliphatic carbocycles. The molecule has 1 amide bonds. The third kappa shape index (κ3) is 4.41. The van der Waals surface area contributed by atoms with Gasteiger partial charge in [0.25, 0.3) is 0 Å². The predicted molar refractivity (Wildman–Crippen MR) is 100 cm³/mol. The smallest absolute Gasteiger partial charge is 0.409 e. The minimum absolute atomic E-state index is 0.136. The molecule has 1 unspecified atom stereocenters. The summed E-state index contributed by atoms with van der Waals surface area (Å²) >= 11 is 0. The van der Waals surface area contributed by atoms with Crippen LogP contribution in [-0.4, -0.2) is 10.7 Å². The lowest BCUT2D eigenvalue weighted by Crippen LogP contribution is -2.33. The first-order valence-electron chi connectivity index (χ1n) is 8.66. The van der Waals surface area contributed by atoms with Crippen LogP contribution in [0, 0.1) is 5.92 Å². The lowest BCUT2D eigenvalue weighted by molar-refractivity contribution is 0.129. The number of alkyl carbamates (subject to hydrolysis) is 1. The molecule has 0 fully saturated rings. The van der Waals surface area contributed by atoms with Crippen LogP contribution in [0.25, 0.3) is 10.9 Å². The van der Waals surface area contributed by atoms with Crippen molar-refractivity contribution in [2.45, 2.75) is 33.0 Å². The Bertz CT molecular complexity index is 824. The number of aromatic nitrogens is 1. The lowest BCUT2D eigenvalue weighted by atomic mass is 10.1. The van der Waals surface area contributed by atoms with Gasteiger partial charge in [-0.3, -0.25) is 0 Å². The maximum Gasteiger partial charge on any atom is 0.409 e. The molecule has 0 radical (unpaired) electrons. The SMILES string of the molecule is CC(C)CC(NC(=O)OCc1ccccc1)n1ccc2ccccc21. The highest BCUT2D eigenvalue weighted by Crippen LogP contribution is 2.23. The number of hydrogen-bond donors (Lipinski definition) is 1. The summed E-state index contributed by atoms with van der Waals surface area (Å²) in [5, 5.41) is 4.18. The zero-order chi connectivity index (χ0) is 17.6. The largest absolute Gasteiger partial charge is 0.445 e. The van der Waals surface area contributed by atoms with Gasteiger partial charge in [-0.2, -0.15) is 0 Å². The van der Waals surface area contributed by atoms with Crippen LogP contribution in [0.15, 0.2) is 66.9 Å². The molecular formula is C21H24N2O2. The molecule has 4 heteroatoms.